The van der Waals surface area contributed by atoms with Crippen LogP contribution in [0, 0.1) is 5.92 Å². The lowest BCUT2D eigenvalue weighted by molar-refractivity contribution is -0.264. The van der Waals surface area contributed by atoms with Crippen LogP contribution in [-0.2, 0) is 9.53 Å². The van der Waals surface area contributed by atoms with Gasteiger partial charge in [-0.25, -0.2) is 0 Å². The highest BCUT2D eigenvalue weighted by atomic mass is 19.4. The molecule has 2 atom stereocenters. The van der Waals surface area contributed by atoms with Gasteiger partial charge in [-0.3, -0.25) is 4.79 Å². The summed E-state index contributed by atoms with van der Waals surface area (Å²) in [6.45, 7) is 0. The Morgan fingerprint density at radius 3 is 2.10 bits per heavy atom. The predicted octanol–water partition coefficient (Wildman–Crippen LogP) is 1.68. The topological polar surface area (TPSA) is 66.8 Å². The standard InChI is InChI=1S/C13H17F3O4/c14-13(15,16)4-9(17)20-12-3-8-1-10(18,6-12)5-11(19,2-8)7-12/h8,18-19H,1-7H2. The summed E-state index contributed by atoms with van der Waals surface area (Å²) in [5.74, 6) is -1.33. The van der Waals surface area contributed by atoms with E-state index in [-0.39, 0.29) is 25.2 Å². The van der Waals surface area contributed by atoms with Crippen LogP contribution in [0.2, 0.25) is 0 Å². The van der Waals surface area contributed by atoms with Crippen LogP contribution in [0.3, 0.4) is 0 Å². The SMILES string of the molecule is O=C(CC(F)(F)F)OC12CC3CC(O)(CC(O)(C3)C1)C2. The van der Waals surface area contributed by atoms with Crippen molar-refractivity contribution >= 4 is 5.97 Å². The fourth-order valence-corrected chi connectivity index (χ4v) is 4.80. The summed E-state index contributed by atoms with van der Waals surface area (Å²) in [5.41, 5.74) is -3.37. The normalized spacial score (nSPS) is 46.5. The van der Waals surface area contributed by atoms with Gasteiger partial charge >= 0.3 is 12.1 Å². The molecule has 114 valence electrons. The highest BCUT2D eigenvalue weighted by Gasteiger charge is 2.64. The fraction of sp³-hybridized carbons (Fsp3) is 0.923. The predicted molar refractivity (Wildman–Crippen MR) is 60.6 cm³/mol. The van der Waals surface area contributed by atoms with Crippen LogP contribution in [0.4, 0.5) is 13.2 Å². The van der Waals surface area contributed by atoms with Gasteiger partial charge in [-0.1, -0.05) is 0 Å². The third-order valence-electron chi connectivity index (χ3n) is 4.63. The first-order chi connectivity index (χ1) is 9.01. The smallest absolute Gasteiger partial charge is 0.399 e. The van der Waals surface area contributed by atoms with Gasteiger partial charge in [0.2, 0.25) is 0 Å². The quantitative estimate of drug-likeness (QED) is 0.760. The van der Waals surface area contributed by atoms with Gasteiger partial charge in [0.25, 0.3) is 0 Å². The third-order valence-corrected chi connectivity index (χ3v) is 4.63. The van der Waals surface area contributed by atoms with Crippen molar-refractivity contribution in [3.63, 3.8) is 0 Å². The molecular formula is C13H17F3O4. The Morgan fingerprint density at radius 2 is 1.65 bits per heavy atom. The van der Waals surface area contributed by atoms with Crippen LogP contribution in [0.25, 0.3) is 0 Å². The van der Waals surface area contributed by atoms with Crippen LogP contribution < -0.4 is 0 Å². The zero-order chi connectivity index (χ0) is 14.8. The Balaban J connectivity index is 1.77. The second-order valence-corrected chi connectivity index (χ2v) is 6.91. The highest BCUT2D eigenvalue weighted by molar-refractivity contribution is 5.70. The Hall–Kier alpha value is -0.820. The molecule has 0 aliphatic heterocycles. The molecule has 7 heteroatoms. The van der Waals surface area contributed by atoms with Crippen molar-refractivity contribution in [2.24, 2.45) is 5.92 Å². The lowest BCUT2D eigenvalue weighted by Gasteiger charge is -2.62. The molecule has 20 heavy (non-hydrogen) atoms. The molecule has 4 nitrogen and oxygen atoms in total. The molecule has 0 aromatic rings. The number of ether oxygens (including phenoxy) is 1. The third kappa shape index (κ3) is 2.53. The number of carbonyl (C=O) groups is 1. The molecule has 0 saturated heterocycles. The van der Waals surface area contributed by atoms with E-state index >= 15 is 0 Å². The first-order valence-corrected chi connectivity index (χ1v) is 6.74. The average Bonchev–Trinajstić information content (AvgIpc) is 2.04. The number of aliphatic hydroxyl groups is 2. The molecule has 2 unspecified atom stereocenters. The van der Waals surface area contributed by atoms with E-state index in [1.807, 2.05) is 0 Å². The van der Waals surface area contributed by atoms with Gasteiger partial charge in [0.05, 0.1) is 11.2 Å². The van der Waals surface area contributed by atoms with Crippen LogP contribution in [0.5, 0.6) is 0 Å². The number of carbonyl (C=O) groups excluding carboxylic acids is 1. The van der Waals surface area contributed by atoms with Crippen molar-refractivity contribution in [3.05, 3.63) is 0 Å². The fourth-order valence-electron chi connectivity index (χ4n) is 4.80. The van der Waals surface area contributed by atoms with Gasteiger partial charge in [-0.2, -0.15) is 13.2 Å². The first kappa shape index (κ1) is 14.1. The van der Waals surface area contributed by atoms with E-state index in [1.165, 1.54) is 0 Å². The van der Waals surface area contributed by atoms with E-state index in [2.05, 4.69) is 0 Å². The molecule has 0 aromatic carbocycles. The minimum atomic E-state index is -4.60. The monoisotopic (exact) mass is 294 g/mol. The Labute approximate surface area is 113 Å². The highest BCUT2D eigenvalue weighted by Crippen LogP contribution is 2.60. The van der Waals surface area contributed by atoms with E-state index in [0.717, 1.165) is 0 Å². The summed E-state index contributed by atoms with van der Waals surface area (Å²) in [6.07, 6.45) is -4.29. The van der Waals surface area contributed by atoms with Crippen LogP contribution in [-0.4, -0.2) is 39.2 Å². The molecule has 0 amide bonds. The van der Waals surface area contributed by atoms with Crippen molar-refractivity contribution in [2.45, 2.75) is 67.9 Å². The number of esters is 1. The molecule has 4 fully saturated rings. The maximum Gasteiger partial charge on any atom is 0.399 e. The summed E-state index contributed by atoms with van der Waals surface area (Å²) in [7, 11) is 0. The van der Waals surface area contributed by atoms with E-state index in [0.29, 0.717) is 19.3 Å². The summed E-state index contributed by atoms with van der Waals surface area (Å²) in [5, 5.41) is 20.8. The zero-order valence-corrected chi connectivity index (χ0v) is 10.9. The van der Waals surface area contributed by atoms with Crippen LogP contribution >= 0.6 is 0 Å². The summed E-state index contributed by atoms with van der Waals surface area (Å²) < 4.78 is 41.7. The molecule has 4 saturated carbocycles. The molecule has 4 aliphatic carbocycles. The van der Waals surface area contributed by atoms with E-state index in [1.54, 1.807) is 0 Å². The number of hydrogen-bond acceptors (Lipinski definition) is 4. The maximum absolute atomic E-state index is 12.2. The summed E-state index contributed by atoms with van der Waals surface area (Å²) in [4.78, 5) is 11.4. The van der Waals surface area contributed by atoms with Crippen molar-refractivity contribution in [1.82, 2.24) is 0 Å². The second-order valence-electron chi connectivity index (χ2n) is 6.91. The van der Waals surface area contributed by atoms with E-state index in [4.69, 9.17) is 4.74 Å². The molecule has 0 heterocycles. The Morgan fingerprint density at radius 1 is 1.10 bits per heavy atom. The van der Waals surface area contributed by atoms with Crippen molar-refractivity contribution < 1.29 is 32.9 Å². The Bertz CT molecular complexity index is 429. The minimum absolute atomic E-state index is 0.0000586. The first-order valence-electron chi connectivity index (χ1n) is 6.74. The molecule has 2 N–H and O–H groups in total. The van der Waals surface area contributed by atoms with Gasteiger partial charge in [0, 0.05) is 19.3 Å². The molecular weight excluding hydrogens is 277 g/mol. The molecule has 4 rings (SSSR count). The van der Waals surface area contributed by atoms with Gasteiger partial charge in [-0.05, 0) is 25.2 Å². The van der Waals surface area contributed by atoms with Crippen molar-refractivity contribution in [3.8, 4) is 0 Å². The molecule has 0 aromatic heterocycles. The molecule has 4 aliphatic rings. The molecule has 0 radical (unpaired) electrons. The van der Waals surface area contributed by atoms with Gasteiger partial charge in [0.1, 0.15) is 12.0 Å². The number of hydrogen-bond donors (Lipinski definition) is 2. The Kier molecular flexibility index (Phi) is 2.74. The van der Waals surface area contributed by atoms with E-state index < -0.39 is 35.4 Å². The lowest BCUT2D eigenvalue weighted by atomic mass is 9.50. The summed E-state index contributed by atoms with van der Waals surface area (Å²) in [6, 6.07) is 0. The van der Waals surface area contributed by atoms with Crippen LogP contribution in [0.15, 0.2) is 0 Å². The van der Waals surface area contributed by atoms with Gasteiger partial charge in [-0.15, -0.1) is 0 Å². The van der Waals surface area contributed by atoms with E-state index in [9.17, 15) is 28.2 Å². The summed E-state index contributed by atoms with van der Waals surface area (Å²) >= 11 is 0. The van der Waals surface area contributed by atoms with Crippen molar-refractivity contribution in [2.75, 3.05) is 0 Å². The minimum Gasteiger partial charge on any atom is -0.459 e. The largest absolute Gasteiger partial charge is 0.459 e. The van der Waals surface area contributed by atoms with Crippen LogP contribution in [0.1, 0.15) is 44.9 Å². The average molecular weight is 294 g/mol. The van der Waals surface area contributed by atoms with Crippen molar-refractivity contribution in [1.29, 1.82) is 0 Å². The van der Waals surface area contributed by atoms with Gasteiger partial charge in [0.15, 0.2) is 0 Å². The lowest BCUT2D eigenvalue weighted by Crippen LogP contribution is -2.67. The number of halogens is 3. The molecule has 0 spiro atoms. The maximum atomic E-state index is 12.2. The second kappa shape index (κ2) is 3.88. The molecule has 4 bridgehead atoms. The zero-order valence-electron chi connectivity index (χ0n) is 10.9. The number of rotatable bonds is 2. The number of alkyl halides is 3. The van der Waals surface area contributed by atoms with Gasteiger partial charge < -0.3 is 14.9 Å².